The quantitative estimate of drug-likeness (QED) is 0.301. The molecule has 0 aromatic heterocycles. The van der Waals surface area contributed by atoms with E-state index in [-0.39, 0.29) is 24.3 Å². The number of carbonyl (C=O) groups is 1. The second-order valence-electron chi connectivity index (χ2n) is 5.15. The summed E-state index contributed by atoms with van der Waals surface area (Å²) in [5.41, 5.74) is 0. The molecule has 0 fully saturated rings. The fourth-order valence-corrected chi connectivity index (χ4v) is 1.54. The first-order valence-electron chi connectivity index (χ1n) is 7.99. The largest absolute Gasteiger partial charge is 0.494 e. The molecule has 0 amide bonds. The van der Waals surface area contributed by atoms with Gasteiger partial charge in [-0.15, -0.1) is 0 Å². The fourth-order valence-electron chi connectivity index (χ4n) is 1.54. The van der Waals surface area contributed by atoms with Crippen molar-refractivity contribution in [3.63, 3.8) is 0 Å². The SMILES string of the molecule is C/C=C(\C=C(\F)C(C)NC)OCCCOCCCOCC(C)=O. The van der Waals surface area contributed by atoms with Crippen LogP contribution in [0, 0.1) is 0 Å². The van der Waals surface area contributed by atoms with Crippen LogP contribution in [0.5, 0.6) is 0 Å². The molecular formula is C17H30FNO4. The Kier molecular flexibility index (Phi) is 13.6. The summed E-state index contributed by atoms with van der Waals surface area (Å²) in [7, 11) is 1.71. The Balaban J connectivity index is 3.64. The van der Waals surface area contributed by atoms with Gasteiger partial charge in [-0.1, -0.05) is 0 Å². The van der Waals surface area contributed by atoms with Crippen molar-refractivity contribution in [3.05, 3.63) is 23.7 Å². The van der Waals surface area contributed by atoms with Gasteiger partial charge < -0.3 is 19.5 Å². The van der Waals surface area contributed by atoms with Gasteiger partial charge in [-0.25, -0.2) is 4.39 Å². The molecular weight excluding hydrogens is 301 g/mol. The van der Waals surface area contributed by atoms with Crippen molar-refractivity contribution in [1.29, 1.82) is 0 Å². The predicted octanol–water partition coefficient (Wildman–Crippen LogP) is 2.77. The maximum atomic E-state index is 13.7. The summed E-state index contributed by atoms with van der Waals surface area (Å²) < 4.78 is 29.7. The second kappa shape index (κ2) is 14.4. The highest BCUT2D eigenvalue weighted by Crippen LogP contribution is 2.10. The lowest BCUT2D eigenvalue weighted by Crippen LogP contribution is -2.21. The maximum absolute atomic E-state index is 13.7. The van der Waals surface area contributed by atoms with E-state index in [1.807, 2.05) is 0 Å². The Morgan fingerprint density at radius 1 is 1.17 bits per heavy atom. The number of likely N-dealkylation sites (N-methyl/N-ethyl adjacent to an activating group) is 1. The molecule has 0 spiro atoms. The Hall–Kier alpha value is -1.24. The molecule has 0 aliphatic heterocycles. The second-order valence-corrected chi connectivity index (χ2v) is 5.15. The van der Waals surface area contributed by atoms with Gasteiger partial charge in [0.05, 0.1) is 12.6 Å². The molecule has 0 aromatic rings. The molecule has 0 heterocycles. The number of hydrogen-bond donors (Lipinski definition) is 1. The molecule has 23 heavy (non-hydrogen) atoms. The summed E-state index contributed by atoms with van der Waals surface area (Å²) in [5.74, 6) is 0.280. The summed E-state index contributed by atoms with van der Waals surface area (Å²) in [4.78, 5) is 10.6. The lowest BCUT2D eigenvalue weighted by atomic mass is 10.2. The van der Waals surface area contributed by atoms with Crippen molar-refractivity contribution in [2.45, 2.75) is 39.7 Å². The van der Waals surface area contributed by atoms with Crippen molar-refractivity contribution < 1.29 is 23.4 Å². The highest BCUT2D eigenvalue weighted by molar-refractivity contribution is 5.76. The average molecular weight is 331 g/mol. The van der Waals surface area contributed by atoms with Gasteiger partial charge in [0.15, 0.2) is 5.78 Å². The fraction of sp³-hybridized carbons (Fsp3) is 0.706. The summed E-state index contributed by atoms with van der Waals surface area (Å²) in [6.07, 6.45) is 4.61. The van der Waals surface area contributed by atoms with E-state index < -0.39 is 0 Å². The number of carbonyl (C=O) groups excluding carboxylic acids is 1. The Morgan fingerprint density at radius 3 is 2.35 bits per heavy atom. The minimum atomic E-state index is -0.331. The van der Waals surface area contributed by atoms with Gasteiger partial charge in [-0.3, -0.25) is 4.79 Å². The van der Waals surface area contributed by atoms with Crippen LogP contribution in [0.3, 0.4) is 0 Å². The van der Waals surface area contributed by atoms with Gasteiger partial charge >= 0.3 is 0 Å². The molecule has 134 valence electrons. The smallest absolute Gasteiger partial charge is 0.155 e. The van der Waals surface area contributed by atoms with Crippen molar-refractivity contribution >= 4 is 5.78 Å². The third kappa shape index (κ3) is 12.9. The minimum absolute atomic E-state index is 0.0254. The van der Waals surface area contributed by atoms with Crippen LogP contribution in [-0.4, -0.2) is 51.9 Å². The number of rotatable bonds is 14. The molecule has 1 atom stereocenters. The number of nitrogens with one attached hydrogen (secondary N) is 1. The number of hydrogen-bond acceptors (Lipinski definition) is 5. The van der Waals surface area contributed by atoms with E-state index in [4.69, 9.17) is 14.2 Å². The molecule has 0 saturated carbocycles. The van der Waals surface area contributed by atoms with E-state index in [2.05, 4.69) is 5.32 Å². The van der Waals surface area contributed by atoms with Gasteiger partial charge in [0.1, 0.15) is 18.2 Å². The Labute approximate surface area is 138 Å². The van der Waals surface area contributed by atoms with Crippen molar-refractivity contribution in [2.24, 2.45) is 0 Å². The third-order valence-corrected chi connectivity index (χ3v) is 3.00. The molecule has 0 bridgehead atoms. The number of ether oxygens (including phenoxy) is 3. The van der Waals surface area contributed by atoms with Crippen molar-refractivity contribution in [2.75, 3.05) is 40.1 Å². The van der Waals surface area contributed by atoms with Crippen molar-refractivity contribution in [1.82, 2.24) is 5.32 Å². The van der Waals surface area contributed by atoms with Gasteiger partial charge in [-0.05, 0) is 40.3 Å². The number of Topliss-reactive ketones (excluding diaryl/α,β-unsaturated/α-hetero) is 1. The van der Waals surface area contributed by atoms with Gasteiger partial charge in [0.25, 0.3) is 0 Å². The molecule has 0 aromatic carbocycles. The van der Waals surface area contributed by atoms with E-state index in [1.165, 1.54) is 13.0 Å². The van der Waals surface area contributed by atoms with Gasteiger partial charge in [-0.2, -0.15) is 0 Å². The molecule has 0 radical (unpaired) electrons. The normalized spacial score (nSPS) is 14.0. The summed E-state index contributed by atoms with van der Waals surface area (Å²) >= 11 is 0. The standard InChI is InChI=1S/C17H30FNO4/c1-5-16(12-17(18)15(3)19-4)23-11-7-9-21-8-6-10-22-13-14(2)20/h5,12,15,19H,6-11,13H2,1-4H3/b16-5+,17-12+. The van der Waals surface area contributed by atoms with Crippen LogP contribution in [0.25, 0.3) is 0 Å². The number of halogens is 1. The molecule has 1 N–H and O–H groups in total. The monoisotopic (exact) mass is 331 g/mol. The van der Waals surface area contributed by atoms with Gasteiger partial charge in [0, 0.05) is 32.3 Å². The third-order valence-electron chi connectivity index (χ3n) is 3.00. The summed E-state index contributed by atoms with van der Waals surface area (Å²) in [6, 6.07) is -0.331. The van der Waals surface area contributed by atoms with Crippen LogP contribution < -0.4 is 5.32 Å². The maximum Gasteiger partial charge on any atom is 0.155 e. The minimum Gasteiger partial charge on any atom is -0.494 e. The van der Waals surface area contributed by atoms with E-state index in [0.717, 1.165) is 12.8 Å². The van der Waals surface area contributed by atoms with Crippen molar-refractivity contribution in [3.8, 4) is 0 Å². The Bertz CT molecular complexity index is 383. The molecule has 1 unspecified atom stereocenters. The molecule has 6 heteroatoms. The van der Waals surface area contributed by atoms with E-state index in [9.17, 15) is 9.18 Å². The first-order valence-corrected chi connectivity index (χ1v) is 7.99. The first kappa shape index (κ1) is 21.8. The lowest BCUT2D eigenvalue weighted by Gasteiger charge is -2.10. The first-order chi connectivity index (χ1) is 11.0. The van der Waals surface area contributed by atoms with Crippen LogP contribution in [0.1, 0.15) is 33.6 Å². The highest BCUT2D eigenvalue weighted by Gasteiger charge is 2.06. The van der Waals surface area contributed by atoms with E-state index >= 15 is 0 Å². The zero-order valence-corrected chi connectivity index (χ0v) is 14.7. The molecule has 0 rings (SSSR count). The van der Waals surface area contributed by atoms with Crippen LogP contribution in [-0.2, 0) is 19.0 Å². The Morgan fingerprint density at radius 2 is 1.78 bits per heavy atom. The average Bonchev–Trinajstić information content (AvgIpc) is 2.53. The summed E-state index contributed by atoms with van der Waals surface area (Å²) in [6.45, 7) is 7.36. The molecule has 0 aliphatic rings. The number of ketones is 1. The molecule has 0 saturated heterocycles. The van der Waals surface area contributed by atoms with Crippen LogP contribution in [0.15, 0.2) is 23.7 Å². The molecule has 5 nitrogen and oxygen atoms in total. The number of allylic oxidation sites excluding steroid dienone is 2. The molecule has 0 aliphatic carbocycles. The zero-order chi connectivity index (χ0) is 17.5. The zero-order valence-electron chi connectivity index (χ0n) is 14.7. The summed E-state index contributed by atoms with van der Waals surface area (Å²) in [5, 5.41) is 2.83. The van der Waals surface area contributed by atoms with E-state index in [0.29, 0.717) is 32.2 Å². The van der Waals surface area contributed by atoms with Crippen LogP contribution >= 0.6 is 0 Å². The predicted molar refractivity (Wildman–Crippen MR) is 89.0 cm³/mol. The lowest BCUT2D eigenvalue weighted by molar-refractivity contribution is -0.121. The van der Waals surface area contributed by atoms with Crippen LogP contribution in [0.4, 0.5) is 4.39 Å². The highest BCUT2D eigenvalue weighted by atomic mass is 19.1. The topological polar surface area (TPSA) is 56.8 Å². The van der Waals surface area contributed by atoms with Crippen LogP contribution in [0.2, 0.25) is 0 Å². The van der Waals surface area contributed by atoms with E-state index in [1.54, 1.807) is 27.0 Å². The van der Waals surface area contributed by atoms with Gasteiger partial charge in [0.2, 0.25) is 0 Å².